The molecule has 0 aromatic heterocycles. The van der Waals surface area contributed by atoms with Crippen molar-refractivity contribution in [2.24, 2.45) is 17.1 Å². The Hall–Kier alpha value is -0.890. The summed E-state index contributed by atoms with van der Waals surface area (Å²) in [5.74, 6) is 0.337. The quantitative estimate of drug-likeness (QED) is 0.837. The van der Waals surface area contributed by atoms with Crippen LogP contribution >= 0.6 is 0 Å². The van der Waals surface area contributed by atoms with Gasteiger partial charge >= 0.3 is 0 Å². The lowest BCUT2D eigenvalue weighted by Gasteiger charge is -2.30. The molecule has 1 rings (SSSR count). The summed E-state index contributed by atoms with van der Waals surface area (Å²) >= 11 is 0. The minimum atomic E-state index is -0.192. The topological polar surface area (TPSA) is 26.0 Å². The highest BCUT2D eigenvalue weighted by molar-refractivity contribution is 5.29. The molecule has 1 aromatic carbocycles. The normalized spacial score (nSPS) is 15.7. The molecule has 2 N–H and O–H groups in total. The van der Waals surface area contributed by atoms with Crippen molar-refractivity contribution >= 4 is 0 Å². The third-order valence-electron chi connectivity index (χ3n) is 3.72. The standard InChI is InChI=1S/C15H24FN/c1-10-8-12(16)6-7-13(10)14(17)9-11(2)15(3,4)5/h6-8,11,14H,9,17H2,1-5H3. The highest BCUT2D eigenvalue weighted by Crippen LogP contribution is 2.33. The minimum absolute atomic E-state index is 0.00942. The molecule has 0 bridgehead atoms. The van der Waals surface area contributed by atoms with E-state index in [0.29, 0.717) is 5.92 Å². The fourth-order valence-electron chi connectivity index (χ4n) is 1.92. The predicted molar refractivity (Wildman–Crippen MR) is 71.3 cm³/mol. The van der Waals surface area contributed by atoms with Crippen molar-refractivity contribution in [1.82, 2.24) is 0 Å². The van der Waals surface area contributed by atoms with E-state index in [0.717, 1.165) is 17.5 Å². The minimum Gasteiger partial charge on any atom is -0.324 e. The van der Waals surface area contributed by atoms with Crippen molar-refractivity contribution in [1.29, 1.82) is 0 Å². The third-order valence-corrected chi connectivity index (χ3v) is 3.72. The Balaban J connectivity index is 2.80. The molecule has 1 aromatic rings. The van der Waals surface area contributed by atoms with Crippen molar-refractivity contribution in [3.8, 4) is 0 Å². The summed E-state index contributed by atoms with van der Waals surface area (Å²) < 4.78 is 13.0. The number of halogens is 1. The fourth-order valence-corrected chi connectivity index (χ4v) is 1.92. The van der Waals surface area contributed by atoms with E-state index < -0.39 is 0 Å². The van der Waals surface area contributed by atoms with E-state index in [1.54, 1.807) is 6.07 Å². The van der Waals surface area contributed by atoms with E-state index in [1.807, 2.05) is 13.0 Å². The molecule has 0 aliphatic carbocycles. The van der Waals surface area contributed by atoms with E-state index in [9.17, 15) is 4.39 Å². The number of hydrogen-bond acceptors (Lipinski definition) is 1. The molecule has 2 atom stereocenters. The van der Waals surface area contributed by atoms with Crippen LogP contribution in [0.5, 0.6) is 0 Å². The average Bonchev–Trinajstić information content (AvgIpc) is 2.15. The first kappa shape index (κ1) is 14.2. The molecule has 0 saturated carbocycles. The van der Waals surface area contributed by atoms with Crippen LogP contribution in [0.2, 0.25) is 0 Å². The van der Waals surface area contributed by atoms with Crippen molar-refractivity contribution in [2.75, 3.05) is 0 Å². The number of nitrogens with two attached hydrogens (primary N) is 1. The number of benzene rings is 1. The molecular formula is C15H24FN. The Morgan fingerprint density at radius 2 is 1.88 bits per heavy atom. The fraction of sp³-hybridized carbons (Fsp3) is 0.600. The number of hydrogen-bond donors (Lipinski definition) is 1. The molecule has 96 valence electrons. The Morgan fingerprint density at radius 3 is 2.35 bits per heavy atom. The molecule has 17 heavy (non-hydrogen) atoms. The van der Waals surface area contributed by atoms with Gasteiger partial charge in [0, 0.05) is 6.04 Å². The molecular weight excluding hydrogens is 213 g/mol. The Labute approximate surface area is 104 Å². The molecule has 0 aliphatic rings. The van der Waals surface area contributed by atoms with Gasteiger partial charge in [0.1, 0.15) is 5.82 Å². The highest BCUT2D eigenvalue weighted by atomic mass is 19.1. The van der Waals surface area contributed by atoms with E-state index >= 15 is 0 Å². The lowest BCUT2D eigenvalue weighted by molar-refractivity contribution is 0.233. The van der Waals surface area contributed by atoms with Crippen LogP contribution in [-0.4, -0.2) is 0 Å². The molecule has 1 nitrogen and oxygen atoms in total. The van der Waals surface area contributed by atoms with Gasteiger partial charge in [-0.25, -0.2) is 4.39 Å². The molecule has 0 radical (unpaired) electrons. The monoisotopic (exact) mass is 237 g/mol. The first-order chi connectivity index (χ1) is 7.71. The molecule has 0 amide bonds. The van der Waals surface area contributed by atoms with Gasteiger partial charge in [-0.15, -0.1) is 0 Å². The first-order valence-corrected chi connectivity index (χ1v) is 6.23. The Bertz CT molecular complexity index is 379. The lowest BCUT2D eigenvalue weighted by Crippen LogP contribution is -2.23. The zero-order chi connectivity index (χ0) is 13.2. The second-order valence-electron chi connectivity index (χ2n) is 6.11. The van der Waals surface area contributed by atoms with Gasteiger partial charge in [0.25, 0.3) is 0 Å². The largest absolute Gasteiger partial charge is 0.324 e. The summed E-state index contributed by atoms with van der Waals surface area (Å²) in [6, 6.07) is 4.84. The molecule has 2 heteroatoms. The molecule has 0 spiro atoms. The lowest BCUT2D eigenvalue weighted by atomic mass is 9.77. The van der Waals surface area contributed by atoms with Gasteiger partial charge < -0.3 is 5.73 Å². The maximum absolute atomic E-state index is 13.0. The van der Waals surface area contributed by atoms with Crippen LogP contribution in [-0.2, 0) is 0 Å². The Kier molecular flexibility index (Phi) is 4.31. The van der Waals surface area contributed by atoms with E-state index in [1.165, 1.54) is 6.07 Å². The number of rotatable bonds is 3. The molecule has 2 unspecified atom stereocenters. The van der Waals surface area contributed by atoms with Gasteiger partial charge in [0.15, 0.2) is 0 Å². The predicted octanol–water partition coefficient (Wildman–Crippen LogP) is 4.21. The summed E-state index contributed by atoms with van der Waals surface area (Å²) in [6.45, 7) is 10.8. The number of aryl methyl sites for hydroxylation is 1. The summed E-state index contributed by atoms with van der Waals surface area (Å²) in [5.41, 5.74) is 8.48. The van der Waals surface area contributed by atoms with Crippen LogP contribution in [0.1, 0.15) is 51.3 Å². The highest BCUT2D eigenvalue weighted by Gasteiger charge is 2.23. The summed E-state index contributed by atoms with van der Waals surface area (Å²) in [7, 11) is 0. The van der Waals surface area contributed by atoms with E-state index in [4.69, 9.17) is 5.73 Å². The van der Waals surface area contributed by atoms with Crippen molar-refractivity contribution < 1.29 is 4.39 Å². The first-order valence-electron chi connectivity index (χ1n) is 6.23. The summed E-state index contributed by atoms with van der Waals surface area (Å²) in [5, 5.41) is 0. The zero-order valence-electron chi connectivity index (χ0n) is 11.5. The summed E-state index contributed by atoms with van der Waals surface area (Å²) in [4.78, 5) is 0. The van der Waals surface area contributed by atoms with Crippen LogP contribution in [0.4, 0.5) is 4.39 Å². The van der Waals surface area contributed by atoms with Gasteiger partial charge in [-0.05, 0) is 47.9 Å². The van der Waals surface area contributed by atoms with Gasteiger partial charge in [0.05, 0.1) is 0 Å². The van der Waals surface area contributed by atoms with Crippen molar-refractivity contribution in [3.63, 3.8) is 0 Å². The second-order valence-corrected chi connectivity index (χ2v) is 6.11. The average molecular weight is 237 g/mol. The maximum Gasteiger partial charge on any atom is 0.123 e. The van der Waals surface area contributed by atoms with Gasteiger partial charge in [0.2, 0.25) is 0 Å². The van der Waals surface area contributed by atoms with E-state index in [2.05, 4.69) is 27.7 Å². The zero-order valence-corrected chi connectivity index (χ0v) is 11.5. The van der Waals surface area contributed by atoms with Crippen LogP contribution in [0.3, 0.4) is 0 Å². The third kappa shape index (κ3) is 3.81. The molecule has 0 fully saturated rings. The van der Waals surface area contributed by atoms with Gasteiger partial charge in [-0.1, -0.05) is 33.8 Å². The smallest absolute Gasteiger partial charge is 0.123 e. The van der Waals surface area contributed by atoms with Crippen LogP contribution in [0.25, 0.3) is 0 Å². The van der Waals surface area contributed by atoms with Crippen LogP contribution in [0.15, 0.2) is 18.2 Å². The second kappa shape index (κ2) is 5.18. The summed E-state index contributed by atoms with van der Waals surface area (Å²) in [6.07, 6.45) is 0.927. The van der Waals surface area contributed by atoms with Crippen molar-refractivity contribution in [2.45, 2.75) is 47.1 Å². The van der Waals surface area contributed by atoms with Crippen LogP contribution < -0.4 is 5.73 Å². The van der Waals surface area contributed by atoms with Gasteiger partial charge in [-0.2, -0.15) is 0 Å². The Morgan fingerprint density at radius 1 is 1.29 bits per heavy atom. The van der Waals surface area contributed by atoms with Crippen LogP contribution in [0, 0.1) is 24.1 Å². The van der Waals surface area contributed by atoms with Crippen molar-refractivity contribution in [3.05, 3.63) is 35.1 Å². The molecule has 0 heterocycles. The SMILES string of the molecule is Cc1cc(F)ccc1C(N)CC(C)C(C)(C)C. The van der Waals surface area contributed by atoms with Gasteiger partial charge in [-0.3, -0.25) is 0 Å². The molecule has 0 aliphatic heterocycles. The molecule has 0 saturated heterocycles. The maximum atomic E-state index is 13.0. The van der Waals surface area contributed by atoms with E-state index in [-0.39, 0.29) is 17.3 Å².